The molecule has 1 saturated heterocycles. The zero-order chi connectivity index (χ0) is 20.3. The second kappa shape index (κ2) is 8.44. The molecule has 154 valence electrons. The number of hydrogen-bond acceptors (Lipinski definition) is 3. The Kier molecular flexibility index (Phi) is 5.37. The van der Waals surface area contributed by atoms with Crippen molar-refractivity contribution in [1.82, 2.24) is 14.5 Å². The van der Waals surface area contributed by atoms with Crippen LogP contribution >= 0.6 is 0 Å². The number of nitrogens with zero attached hydrogens (tertiary/aromatic N) is 3. The van der Waals surface area contributed by atoms with Crippen molar-refractivity contribution in [3.05, 3.63) is 72.1 Å². The molecule has 5 nitrogen and oxygen atoms in total. The molecule has 0 radical (unpaired) electrons. The van der Waals surface area contributed by atoms with E-state index in [1.165, 1.54) is 11.1 Å². The van der Waals surface area contributed by atoms with Crippen molar-refractivity contribution >= 4 is 22.5 Å². The van der Waals surface area contributed by atoms with Crippen LogP contribution in [0.15, 0.2) is 60.9 Å². The number of morpholine rings is 1. The lowest BCUT2D eigenvalue weighted by Crippen LogP contribution is -2.40. The van der Waals surface area contributed by atoms with Crippen LogP contribution in [0.2, 0.25) is 0 Å². The molecule has 0 bridgehead atoms. The third kappa shape index (κ3) is 3.77. The maximum Gasteiger partial charge on any atom is 0.257 e. The largest absolute Gasteiger partial charge is 0.378 e. The predicted molar refractivity (Wildman–Crippen MR) is 118 cm³/mol. The molecule has 3 aromatic rings. The molecular weight excluding hydrogens is 374 g/mol. The summed E-state index contributed by atoms with van der Waals surface area (Å²) >= 11 is 0. The van der Waals surface area contributed by atoms with Crippen LogP contribution in [0.1, 0.15) is 35.2 Å². The minimum Gasteiger partial charge on any atom is -0.378 e. The average molecular weight is 402 g/mol. The zero-order valence-corrected chi connectivity index (χ0v) is 17.2. The fourth-order valence-electron chi connectivity index (χ4n) is 4.61. The van der Waals surface area contributed by atoms with Gasteiger partial charge in [-0.15, -0.1) is 0 Å². The van der Waals surface area contributed by atoms with Crippen molar-refractivity contribution in [2.45, 2.75) is 25.8 Å². The normalized spacial score (nSPS) is 19.7. The lowest BCUT2D eigenvalue weighted by atomic mass is 9.86. The molecule has 1 aromatic carbocycles. The SMILES string of the molecule is O=C(c1cn(CC2CC=C(c3ccccc3)CC2)c2cccnc12)N1CCOCC1. The van der Waals surface area contributed by atoms with Crippen molar-refractivity contribution in [3.63, 3.8) is 0 Å². The number of allylic oxidation sites excluding steroid dienone is 2. The van der Waals surface area contributed by atoms with Gasteiger partial charge in [-0.05, 0) is 48.4 Å². The van der Waals surface area contributed by atoms with Gasteiger partial charge in [0.2, 0.25) is 0 Å². The van der Waals surface area contributed by atoms with Crippen molar-refractivity contribution in [3.8, 4) is 0 Å². The van der Waals surface area contributed by atoms with Crippen LogP contribution in [0.4, 0.5) is 0 Å². The van der Waals surface area contributed by atoms with Gasteiger partial charge < -0.3 is 14.2 Å². The van der Waals surface area contributed by atoms with Gasteiger partial charge in [-0.1, -0.05) is 36.4 Å². The monoisotopic (exact) mass is 401 g/mol. The molecule has 0 N–H and O–H groups in total. The van der Waals surface area contributed by atoms with Crippen molar-refractivity contribution in [1.29, 1.82) is 0 Å². The van der Waals surface area contributed by atoms with Gasteiger partial charge in [0.1, 0.15) is 5.52 Å². The van der Waals surface area contributed by atoms with E-state index in [-0.39, 0.29) is 5.91 Å². The Morgan fingerprint density at radius 2 is 1.93 bits per heavy atom. The second-order valence-electron chi connectivity index (χ2n) is 8.21. The highest BCUT2D eigenvalue weighted by molar-refractivity contribution is 6.05. The summed E-state index contributed by atoms with van der Waals surface area (Å²) in [6.07, 6.45) is 9.52. The van der Waals surface area contributed by atoms with E-state index >= 15 is 0 Å². The maximum absolute atomic E-state index is 13.1. The smallest absolute Gasteiger partial charge is 0.257 e. The first kappa shape index (κ1) is 19.1. The predicted octanol–water partition coefficient (Wildman–Crippen LogP) is 4.39. The number of rotatable bonds is 4. The second-order valence-corrected chi connectivity index (χ2v) is 8.21. The molecular formula is C25H27N3O2. The number of aromatic nitrogens is 2. The van der Waals surface area contributed by atoms with Crippen LogP contribution in [-0.2, 0) is 11.3 Å². The summed E-state index contributed by atoms with van der Waals surface area (Å²) in [5.74, 6) is 0.635. The van der Waals surface area contributed by atoms with Crippen molar-refractivity contribution in [2.75, 3.05) is 26.3 Å². The highest BCUT2D eigenvalue weighted by Crippen LogP contribution is 2.32. The molecule has 1 aliphatic carbocycles. The van der Waals surface area contributed by atoms with Gasteiger partial charge >= 0.3 is 0 Å². The number of hydrogen-bond donors (Lipinski definition) is 0. The summed E-state index contributed by atoms with van der Waals surface area (Å²) in [6, 6.07) is 14.7. The van der Waals surface area contributed by atoms with Crippen molar-refractivity contribution < 1.29 is 9.53 Å². The molecule has 1 aliphatic heterocycles. The summed E-state index contributed by atoms with van der Waals surface area (Å²) in [5, 5.41) is 0. The number of fused-ring (bicyclic) bond motifs is 1. The third-order valence-electron chi connectivity index (χ3n) is 6.28. The number of carbonyl (C=O) groups is 1. The quantitative estimate of drug-likeness (QED) is 0.651. The molecule has 2 aliphatic rings. The summed E-state index contributed by atoms with van der Waals surface area (Å²) < 4.78 is 7.64. The van der Waals surface area contributed by atoms with E-state index in [0.29, 0.717) is 37.8 Å². The summed E-state index contributed by atoms with van der Waals surface area (Å²) in [7, 11) is 0. The van der Waals surface area contributed by atoms with E-state index in [9.17, 15) is 4.79 Å². The van der Waals surface area contributed by atoms with Gasteiger partial charge in [0.15, 0.2) is 0 Å². The molecule has 0 spiro atoms. The van der Waals surface area contributed by atoms with E-state index in [0.717, 1.165) is 36.8 Å². The fourth-order valence-corrected chi connectivity index (χ4v) is 4.61. The molecule has 1 fully saturated rings. The van der Waals surface area contributed by atoms with Crippen molar-refractivity contribution in [2.24, 2.45) is 5.92 Å². The van der Waals surface area contributed by atoms with E-state index in [1.807, 2.05) is 17.2 Å². The lowest BCUT2D eigenvalue weighted by Gasteiger charge is -2.26. The summed E-state index contributed by atoms with van der Waals surface area (Å²) in [4.78, 5) is 19.6. The highest BCUT2D eigenvalue weighted by Gasteiger charge is 2.24. The Labute approximate surface area is 177 Å². The molecule has 1 amide bonds. The first-order chi connectivity index (χ1) is 14.8. The van der Waals surface area contributed by atoms with Gasteiger partial charge in [0.25, 0.3) is 5.91 Å². The maximum atomic E-state index is 13.1. The Morgan fingerprint density at radius 3 is 2.70 bits per heavy atom. The summed E-state index contributed by atoms with van der Waals surface area (Å²) in [6.45, 7) is 3.42. The molecule has 5 heteroatoms. The molecule has 5 rings (SSSR count). The van der Waals surface area contributed by atoms with Gasteiger partial charge in [-0.3, -0.25) is 9.78 Å². The number of ether oxygens (including phenoxy) is 1. The third-order valence-corrected chi connectivity index (χ3v) is 6.28. The Hall–Kier alpha value is -2.92. The van der Waals surface area contributed by atoms with Crippen LogP contribution < -0.4 is 0 Å². The highest BCUT2D eigenvalue weighted by atomic mass is 16.5. The first-order valence-corrected chi connectivity index (χ1v) is 10.8. The minimum atomic E-state index is 0.0654. The lowest BCUT2D eigenvalue weighted by molar-refractivity contribution is 0.0304. The minimum absolute atomic E-state index is 0.0654. The Balaban J connectivity index is 1.36. The molecule has 1 unspecified atom stereocenters. The van der Waals surface area contributed by atoms with Crippen LogP contribution in [0.3, 0.4) is 0 Å². The van der Waals surface area contributed by atoms with Crippen LogP contribution in [0.25, 0.3) is 16.6 Å². The van der Waals surface area contributed by atoms with Gasteiger partial charge in [0, 0.05) is 32.0 Å². The summed E-state index contributed by atoms with van der Waals surface area (Å²) in [5.41, 5.74) is 5.36. The molecule has 0 saturated carbocycles. The van der Waals surface area contributed by atoms with E-state index in [2.05, 4.69) is 52.0 Å². The Bertz CT molecular complexity index is 1060. The molecule has 3 heterocycles. The number of benzene rings is 1. The number of carbonyl (C=O) groups excluding carboxylic acids is 1. The standard InChI is InChI=1S/C25H27N3O2/c29-25(27-13-15-30-16-14-27)22-18-28(23-7-4-12-26-24(22)23)17-19-8-10-21(11-9-19)20-5-2-1-3-6-20/h1-7,10,12,18-19H,8-9,11,13-17H2. The average Bonchev–Trinajstić information content (AvgIpc) is 3.19. The van der Waals surface area contributed by atoms with Crippen LogP contribution in [0, 0.1) is 5.92 Å². The first-order valence-electron chi connectivity index (χ1n) is 10.8. The molecule has 2 aromatic heterocycles. The molecule has 1 atom stereocenters. The van der Waals surface area contributed by atoms with E-state index < -0.39 is 0 Å². The Morgan fingerprint density at radius 1 is 1.10 bits per heavy atom. The van der Waals surface area contributed by atoms with E-state index in [1.54, 1.807) is 6.20 Å². The number of amides is 1. The topological polar surface area (TPSA) is 47.4 Å². The number of pyridine rings is 1. The van der Waals surface area contributed by atoms with Gasteiger partial charge in [-0.25, -0.2) is 0 Å². The van der Waals surface area contributed by atoms with E-state index in [4.69, 9.17) is 4.74 Å². The van der Waals surface area contributed by atoms with Crippen LogP contribution in [0.5, 0.6) is 0 Å². The fraction of sp³-hybridized carbons (Fsp3) is 0.360. The zero-order valence-electron chi connectivity index (χ0n) is 17.2. The van der Waals surface area contributed by atoms with Crippen LogP contribution in [-0.4, -0.2) is 46.7 Å². The van der Waals surface area contributed by atoms with Gasteiger partial charge in [-0.2, -0.15) is 0 Å². The van der Waals surface area contributed by atoms with Gasteiger partial charge in [0.05, 0.1) is 24.3 Å². The molecule has 30 heavy (non-hydrogen) atoms.